The minimum absolute atomic E-state index is 0.133. The fraction of sp³-hybridized carbons (Fsp3) is 0.0714. The van der Waals surface area contributed by atoms with Gasteiger partial charge in [0.2, 0.25) is 0 Å². The molecule has 1 aromatic carbocycles. The van der Waals surface area contributed by atoms with Gasteiger partial charge in [-0.1, -0.05) is 11.6 Å². The molecule has 0 aliphatic heterocycles. The van der Waals surface area contributed by atoms with Crippen LogP contribution in [0.25, 0.3) is 0 Å². The minimum Gasteiger partial charge on any atom is -0.495 e. The van der Waals surface area contributed by atoms with Gasteiger partial charge in [-0.2, -0.15) is 0 Å². The SMILES string of the molecule is COc1ccc(Cl)cc1NC(=O)c1ccc(C(=O)O)nc1. The summed E-state index contributed by atoms with van der Waals surface area (Å²) in [4.78, 5) is 26.5. The van der Waals surface area contributed by atoms with Crippen molar-refractivity contribution in [1.29, 1.82) is 0 Å². The molecule has 1 aromatic heterocycles. The number of benzene rings is 1. The fourth-order valence-electron chi connectivity index (χ4n) is 1.63. The molecule has 0 saturated heterocycles. The van der Waals surface area contributed by atoms with Gasteiger partial charge in [0, 0.05) is 11.2 Å². The van der Waals surface area contributed by atoms with Crippen molar-refractivity contribution in [3.63, 3.8) is 0 Å². The van der Waals surface area contributed by atoms with E-state index in [2.05, 4.69) is 10.3 Å². The number of nitrogens with one attached hydrogen (secondary N) is 1. The van der Waals surface area contributed by atoms with Crippen molar-refractivity contribution in [2.24, 2.45) is 0 Å². The van der Waals surface area contributed by atoms with Gasteiger partial charge in [0.15, 0.2) is 0 Å². The Bertz CT molecular complexity index is 686. The van der Waals surface area contributed by atoms with Crippen molar-refractivity contribution in [2.45, 2.75) is 0 Å². The monoisotopic (exact) mass is 306 g/mol. The van der Waals surface area contributed by atoms with Gasteiger partial charge >= 0.3 is 5.97 Å². The van der Waals surface area contributed by atoms with Crippen molar-refractivity contribution in [2.75, 3.05) is 12.4 Å². The molecule has 2 N–H and O–H groups in total. The Kier molecular flexibility index (Phi) is 4.39. The van der Waals surface area contributed by atoms with Crippen LogP contribution in [0.4, 0.5) is 5.69 Å². The number of pyridine rings is 1. The van der Waals surface area contributed by atoms with Crippen LogP contribution in [0, 0.1) is 0 Å². The van der Waals surface area contributed by atoms with Crippen molar-refractivity contribution >= 4 is 29.2 Å². The van der Waals surface area contributed by atoms with Crippen LogP contribution in [0.15, 0.2) is 36.5 Å². The first kappa shape index (κ1) is 14.8. The lowest BCUT2D eigenvalue weighted by Crippen LogP contribution is -2.13. The Morgan fingerprint density at radius 2 is 2.05 bits per heavy atom. The first-order chi connectivity index (χ1) is 10.0. The van der Waals surface area contributed by atoms with E-state index in [1.165, 1.54) is 25.4 Å². The lowest BCUT2D eigenvalue weighted by molar-refractivity contribution is 0.0690. The van der Waals surface area contributed by atoms with E-state index in [9.17, 15) is 9.59 Å². The zero-order valence-corrected chi connectivity index (χ0v) is 11.7. The molecule has 0 radical (unpaired) electrons. The molecule has 0 saturated carbocycles. The predicted molar refractivity (Wildman–Crippen MR) is 77.2 cm³/mol. The van der Waals surface area contributed by atoms with Crippen molar-refractivity contribution in [3.8, 4) is 5.75 Å². The Balaban J connectivity index is 2.21. The number of methoxy groups -OCH3 is 1. The molecule has 21 heavy (non-hydrogen) atoms. The molecule has 108 valence electrons. The summed E-state index contributed by atoms with van der Waals surface area (Å²) in [6, 6.07) is 7.45. The van der Waals surface area contributed by atoms with Gasteiger partial charge in [0.05, 0.1) is 18.4 Å². The molecule has 1 amide bonds. The van der Waals surface area contributed by atoms with Gasteiger partial charge < -0.3 is 15.2 Å². The maximum Gasteiger partial charge on any atom is 0.354 e. The third-order valence-electron chi connectivity index (χ3n) is 2.65. The van der Waals surface area contributed by atoms with E-state index in [1.54, 1.807) is 18.2 Å². The first-order valence-corrected chi connectivity index (χ1v) is 6.23. The molecule has 1 heterocycles. The highest BCUT2D eigenvalue weighted by Crippen LogP contribution is 2.28. The first-order valence-electron chi connectivity index (χ1n) is 5.85. The molecule has 0 atom stereocenters. The number of aromatic carboxylic acids is 1. The summed E-state index contributed by atoms with van der Waals surface area (Å²) in [5, 5.41) is 11.8. The number of carboxylic acids is 1. The smallest absolute Gasteiger partial charge is 0.354 e. The third-order valence-corrected chi connectivity index (χ3v) is 2.89. The van der Waals surface area contributed by atoms with Crippen LogP contribution in [-0.4, -0.2) is 29.1 Å². The van der Waals surface area contributed by atoms with E-state index >= 15 is 0 Å². The number of carbonyl (C=O) groups excluding carboxylic acids is 1. The fourth-order valence-corrected chi connectivity index (χ4v) is 1.80. The molecule has 0 aliphatic carbocycles. The number of amides is 1. The molecular formula is C14H11ClN2O4. The number of halogens is 1. The second kappa shape index (κ2) is 6.23. The molecule has 6 nitrogen and oxygen atoms in total. The predicted octanol–water partition coefficient (Wildman–Crippen LogP) is 2.69. The highest BCUT2D eigenvalue weighted by Gasteiger charge is 2.12. The zero-order chi connectivity index (χ0) is 15.4. The summed E-state index contributed by atoms with van der Waals surface area (Å²) in [6.07, 6.45) is 1.19. The van der Waals surface area contributed by atoms with Crippen LogP contribution in [0.3, 0.4) is 0 Å². The average molecular weight is 307 g/mol. The number of nitrogens with zero attached hydrogens (tertiary/aromatic N) is 1. The summed E-state index contributed by atoms with van der Waals surface area (Å²) in [6.45, 7) is 0. The highest BCUT2D eigenvalue weighted by molar-refractivity contribution is 6.31. The molecule has 0 fully saturated rings. The molecule has 0 bridgehead atoms. The Labute approximate surface area is 125 Å². The number of hydrogen-bond donors (Lipinski definition) is 2. The molecule has 2 aromatic rings. The highest BCUT2D eigenvalue weighted by atomic mass is 35.5. The number of rotatable bonds is 4. The maximum absolute atomic E-state index is 12.1. The van der Waals surface area contributed by atoms with E-state index in [0.717, 1.165) is 0 Å². The quantitative estimate of drug-likeness (QED) is 0.906. The van der Waals surface area contributed by atoms with Crippen molar-refractivity contribution < 1.29 is 19.4 Å². The van der Waals surface area contributed by atoms with Gasteiger partial charge in [0.25, 0.3) is 5.91 Å². The normalized spacial score (nSPS) is 10.0. The van der Waals surface area contributed by atoms with E-state index in [1.807, 2.05) is 0 Å². The van der Waals surface area contributed by atoms with Gasteiger partial charge in [-0.25, -0.2) is 9.78 Å². The van der Waals surface area contributed by atoms with Crippen LogP contribution in [-0.2, 0) is 0 Å². The van der Waals surface area contributed by atoms with Gasteiger partial charge in [-0.05, 0) is 30.3 Å². The summed E-state index contributed by atoms with van der Waals surface area (Å²) < 4.78 is 5.12. The molecule has 7 heteroatoms. The Morgan fingerprint density at radius 3 is 2.62 bits per heavy atom. The molecule has 0 aliphatic rings. The number of hydrogen-bond acceptors (Lipinski definition) is 4. The topological polar surface area (TPSA) is 88.5 Å². The summed E-state index contributed by atoms with van der Waals surface area (Å²) in [5.74, 6) is -1.14. The Morgan fingerprint density at radius 1 is 1.29 bits per heavy atom. The second-order valence-corrected chi connectivity index (χ2v) is 4.47. The number of carbonyl (C=O) groups is 2. The van der Waals surface area contributed by atoms with Crippen molar-refractivity contribution in [3.05, 3.63) is 52.8 Å². The van der Waals surface area contributed by atoms with Crippen molar-refractivity contribution in [1.82, 2.24) is 4.98 Å². The van der Waals surface area contributed by atoms with Crippen LogP contribution in [0.1, 0.15) is 20.8 Å². The zero-order valence-electron chi connectivity index (χ0n) is 11.0. The van der Waals surface area contributed by atoms with Gasteiger partial charge in [-0.15, -0.1) is 0 Å². The average Bonchev–Trinajstić information content (AvgIpc) is 2.47. The summed E-state index contributed by atoms with van der Waals surface area (Å²) >= 11 is 5.87. The molecule has 0 spiro atoms. The second-order valence-electron chi connectivity index (χ2n) is 4.04. The Hall–Kier alpha value is -2.60. The molecule has 2 rings (SSSR count). The van der Waals surface area contributed by atoms with Crippen LogP contribution < -0.4 is 10.1 Å². The summed E-state index contributed by atoms with van der Waals surface area (Å²) in [7, 11) is 1.47. The minimum atomic E-state index is -1.15. The van der Waals surface area contributed by atoms with Gasteiger partial charge in [-0.3, -0.25) is 4.79 Å². The van der Waals surface area contributed by atoms with Crippen LogP contribution in [0.2, 0.25) is 5.02 Å². The van der Waals surface area contributed by atoms with E-state index in [-0.39, 0.29) is 11.3 Å². The summed E-state index contributed by atoms with van der Waals surface area (Å²) in [5.41, 5.74) is 0.506. The standard InChI is InChI=1S/C14H11ClN2O4/c1-21-12-5-3-9(15)6-11(12)17-13(18)8-2-4-10(14(19)20)16-7-8/h2-7H,1H3,(H,17,18)(H,19,20). The maximum atomic E-state index is 12.1. The molecular weight excluding hydrogens is 296 g/mol. The van der Waals surface area contributed by atoms with Crippen LogP contribution in [0.5, 0.6) is 5.75 Å². The number of aromatic nitrogens is 1. The number of anilines is 1. The third kappa shape index (κ3) is 3.49. The van der Waals surface area contributed by atoms with E-state index in [0.29, 0.717) is 16.5 Å². The lowest BCUT2D eigenvalue weighted by atomic mass is 10.2. The van der Waals surface area contributed by atoms with E-state index in [4.69, 9.17) is 21.4 Å². The number of ether oxygens (including phenoxy) is 1. The van der Waals surface area contributed by atoms with Gasteiger partial charge in [0.1, 0.15) is 11.4 Å². The van der Waals surface area contributed by atoms with Crippen LogP contribution >= 0.6 is 11.6 Å². The largest absolute Gasteiger partial charge is 0.495 e. The molecule has 0 unspecified atom stereocenters. The number of carboxylic acid groups (broad SMARTS) is 1. The lowest BCUT2D eigenvalue weighted by Gasteiger charge is -2.10. The van der Waals surface area contributed by atoms with E-state index < -0.39 is 11.9 Å².